The van der Waals surface area contributed by atoms with Crippen LogP contribution in [0.4, 0.5) is 0 Å². The van der Waals surface area contributed by atoms with Crippen LogP contribution in [-0.4, -0.2) is 25.5 Å². The molecule has 0 saturated heterocycles. The summed E-state index contributed by atoms with van der Waals surface area (Å²) in [6.45, 7) is 0.599. The maximum atomic E-state index is 14.1. The number of hydrogen-bond acceptors (Lipinski definition) is 4. The van der Waals surface area contributed by atoms with E-state index in [0.717, 1.165) is 35.3 Å². The highest BCUT2D eigenvalue weighted by Crippen LogP contribution is 2.41. The van der Waals surface area contributed by atoms with E-state index in [0.29, 0.717) is 13.0 Å². The summed E-state index contributed by atoms with van der Waals surface area (Å²) in [7, 11) is 1.63. The first kappa shape index (κ1) is 21.8. The van der Waals surface area contributed by atoms with E-state index >= 15 is 0 Å². The van der Waals surface area contributed by atoms with Crippen molar-refractivity contribution in [2.75, 3.05) is 13.7 Å². The molecule has 1 atom stereocenters. The Labute approximate surface area is 178 Å². The Morgan fingerprint density at radius 1 is 0.833 bits per heavy atom. The largest absolute Gasteiger partial charge is 0.497 e. The molecule has 0 heterocycles. The van der Waals surface area contributed by atoms with Crippen molar-refractivity contribution >= 4 is 5.78 Å². The second-order valence-corrected chi connectivity index (χ2v) is 7.47. The van der Waals surface area contributed by atoms with Crippen molar-refractivity contribution in [3.05, 3.63) is 102 Å². The number of carbonyl (C=O) groups excluding carboxylic acids is 1. The number of methoxy groups -OCH3 is 1. The van der Waals surface area contributed by atoms with E-state index in [2.05, 4.69) is 0 Å². The molecule has 0 radical (unpaired) electrons. The van der Waals surface area contributed by atoms with Gasteiger partial charge in [-0.15, -0.1) is 0 Å². The Bertz CT molecular complexity index is 885. The van der Waals surface area contributed by atoms with E-state index in [1.807, 2.05) is 84.9 Å². The molecule has 0 aliphatic carbocycles. The molecule has 4 heteroatoms. The van der Waals surface area contributed by atoms with E-state index in [-0.39, 0.29) is 5.78 Å². The molecule has 3 aromatic carbocycles. The van der Waals surface area contributed by atoms with Gasteiger partial charge in [-0.2, -0.15) is 0 Å². The normalized spacial score (nSPS) is 12.4. The van der Waals surface area contributed by atoms with Gasteiger partial charge in [-0.25, -0.2) is 0 Å². The molecule has 4 N–H and O–H groups in total. The summed E-state index contributed by atoms with van der Waals surface area (Å²) < 4.78 is 5.35. The minimum Gasteiger partial charge on any atom is -0.497 e. The number of carbonyl (C=O) groups is 1. The first-order chi connectivity index (χ1) is 14.6. The first-order valence-corrected chi connectivity index (χ1v) is 10.4. The lowest BCUT2D eigenvalue weighted by Crippen LogP contribution is -2.48. The summed E-state index contributed by atoms with van der Waals surface area (Å²) in [5, 5.41) is 0. The molecular formula is C26H30N2O2. The smallest absolute Gasteiger partial charge is 0.168 e. The maximum absolute atomic E-state index is 14.1. The lowest BCUT2D eigenvalue weighted by atomic mass is 9.64. The zero-order chi connectivity index (χ0) is 21.4. The van der Waals surface area contributed by atoms with Crippen LogP contribution in [0, 0.1) is 0 Å². The SMILES string of the molecule is COc1ccc(C(C(=O)[C@@H](N)CCCCN)(c2ccccc2)c2ccccc2)cc1. The van der Waals surface area contributed by atoms with Crippen molar-refractivity contribution in [3.63, 3.8) is 0 Å². The number of hydrogen-bond donors (Lipinski definition) is 2. The standard InChI is InChI=1S/C26H30N2O2/c1-30-23-17-15-22(16-18-23)26(20-10-4-2-5-11-20,21-12-6-3-7-13-21)25(29)24(28)14-8-9-19-27/h2-7,10-13,15-18,24H,8-9,14,19,27-28H2,1H3/t24-/m0/s1. The molecule has 0 amide bonds. The molecule has 0 aromatic heterocycles. The van der Waals surface area contributed by atoms with Gasteiger partial charge in [0.05, 0.1) is 13.2 Å². The fourth-order valence-corrected chi connectivity index (χ4v) is 4.06. The fraction of sp³-hybridized carbons (Fsp3) is 0.269. The topological polar surface area (TPSA) is 78.3 Å². The number of ketones is 1. The second kappa shape index (κ2) is 10.2. The highest BCUT2D eigenvalue weighted by Gasteiger charge is 2.45. The molecule has 3 rings (SSSR count). The van der Waals surface area contributed by atoms with Gasteiger partial charge in [-0.1, -0.05) is 79.2 Å². The number of benzene rings is 3. The molecule has 0 saturated carbocycles. The van der Waals surface area contributed by atoms with E-state index in [4.69, 9.17) is 16.2 Å². The third-order valence-electron chi connectivity index (χ3n) is 5.61. The van der Waals surface area contributed by atoms with Gasteiger partial charge in [0.15, 0.2) is 5.78 Å². The van der Waals surface area contributed by atoms with Gasteiger partial charge in [0.2, 0.25) is 0 Å². The molecule has 30 heavy (non-hydrogen) atoms. The van der Waals surface area contributed by atoms with Crippen LogP contribution in [0.2, 0.25) is 0 Å². The van der Waals surface area contributed by atoms with Crippen molar-refractivity contribution in [2.24, 2.45) is 11.5 Å². The second-order valence-electron chi connectivity index (χ2n) is 7.47. The van der Waals surface area contributed by atoms with Crippen LogP contribution in [0.5, 0.6) is 5.75 Å². The highest BCUT2D eigenvalue weighted by molar-refractivity contribution is 6.01. The van der Waals surface area contributed by atoms with Crippen molar-refractivity contribution in [1.82, 2.24) is 0 Å². The third-order valence-corrected chi connectivity index (χ3v) is 5.61. The third kappa shape index (κ3) is 4.30. The number of rotatable bonds is 10. The lowest BCUT2D eigenvalue weighted by molar-refractivity contribution is -0.123. The molecule has 0 aliphatic rings. The van der Waals surface area contributed by atoms with Crippen LogP contribution >= 0.6 is 0 Å². The van der Waals surface area contributed by atoms with Crippen LogP contribution in [0.3, 0.4) is 0 Å². The van der Waals surface area contributed by atoms with Crippen molar-refractivity contribution in [2.45, 2.75) is 30.7 Å². The van der Waals surface area contributed by atoms with Gasteiger partial charge in [0.25, 0.3) is 0 Å². The summed E-state index contributed by atoms with van der Waals surface area (Å²) in [4.78, 5) is 14.1. The van der Waals surface area contributed by atoms with Gasteiger partial charge in [-0.05, 0) is 48.2 Å². The van der Waals surface area contributed by atoms with Gasteiger partial charge >= 0.3 is 0 Å². The zero-order valence-electron chi connectivity index (χ0n) is 17.5. The summed E-state index contributed by atoms with van der Waals surface area (Å²) >= 11 is 0. The molecule has 0 fully saturated rings. The quantitative estimate of drug-likeness (QED) is 0.396. The predicted octanol–water partition coefficient (Wildman–Crippen LogP) is 4.06. The number of unbranched alkanes of at least 4 members (excludes halogenated alkanes) is 1. The van der Waals surface area contributed by atoms with Crippen molar-refractivity contribution < 1.29 is 9.53 Å². The Morgan fingerprint density at radius 3 is 1.80 bits per heavy atom. The highest BCUT2D eigenvalue weighted by atomic mass is 16.5. The molecule has 0 spiro atoms. The molecule has 0 aliphatic heterocycles. The van der Waals surface area contributed by atoms with Gasteiger partial charge in [-0.3, -0.25) is 4.79 Å². The molecule has 0 unspecified atom stereocenters. The van der Waals surface area contributed by atoms with Gasteiger partial charge < -0.3 is 16.2 Å². The van der Waals surface area contributed by atoms with E-state index in [1.165, 1.54) is 0 Å². The number of Topliss-reactive ketones (excluding diaryl/α,β-unsaturated/α-hetero) is 1. The van der Waals surface area contributed by atoms with E-state index in [1.54, 1.807) is 7.11 Å². The molecule has 0 bridgehead atoms. The molecular weight excluding hydrogens is 372 g/mol. The van der Waals surface area contributed by atoms with Crippen LogP contribution in [0.25, 0.3) is 0 Å². The monoisotopic (exact) mass is 402 g/mol. The van der Waals surface area contributed by atoms with Crippen LogP contribution in [0.15, 0.2) is 84.9 Å². The maximum Gasteiger partial charge on any atom is 0.168 e. The van der Waals surface area contributed by atoms with Crippen molar-refractivity contribution in [3.8, 4) is 5.75 Å². The summed E-state index contributed by atoms with van der Waals surface area (Å²) in [5.74, 6) is 0.732. The average Bonchev–Trinajstić information content (AvgIpc) is 2.81. The predicted molar refractivity (Wildman–Crippen MR) is 122 cm³/mol. The molecule has 3 aromatic rings. The summed E-state index contributed by atoms with van der Waals surface area (Å²) in [6.07, 6.45) is 2.28. The van der Waals surface area contributed by atoms with Crippen LogP contribution in [-0.2, 0) is 10.2 Å². The van der Waals surface area contributed by atoms with Gasteiger partial charge in [0.1, 0.15) is 11.2 Å². The minimum atomic E-state index is -1.00. The number of ether oxygens (including phenoxy) is 1. The van der Waals surface area contributed by atoms with Crippen LogP contribution < -0.4 is 16.2 Å². The molecule has 4 nitrogen and oxygen atoms in total. The fourth-order valence-electron chi connectivity index (χ4n) is 4.06. The Hall–Kier alpha value is -2.95. The van der Waals surface area contributed by atoms with E-state index in [9.17, 15) is 4.79 Å². The average molecular weight is 403 g/mol. The Kier molecular flexibility index (Phi) is 7.39. The Morgan fingerprint density at radius 2 is 1.33 bits per heavy atom. The number of nitrogens with two attached hydrogens (primary N) is 2. The van der Waals surface area contributed by atoms with Gasteiger partial charge in [0, 0.05) is 0 Å². The summed E-state index contributed by atoms with van der Waals surface area (Å²) in [6, 6.07) is 26.9. The summed E-state index contributed by atoms with van der Waals surface area (Å²) in [5.41, 5.74) is 13.8. The van der Waals surface area contributed by atoms with Crippen LogP contribution in [0.1, 0.15) is 36.0 Å². The Balaban J connectivity index is 2.22. The van der Waals surface area contributed by atoms with E-state index < -0.39 is 11.5 Å². The van der Waals surface area contributed by atoms with Crippen molar-refractivity contribution in [1.29, 1.82) is 0 Å². The minimum absolute atomic E-state index is 0.0120. The lowest BCUT2D eigenvalue weighted by Gasteiger charge is -2.36. The molecule has 156 valence electrons. The zero-order valence-corrected chi connectivity index (χ0v) is 17.5. The first-order valence-electron chi connectivity index (χ1n) is 10.4.